The van der Waals surface area contributed by atoms with Gasteiger partial charge in [-0.25, -0.2) is 4.79 Å². The Hall–Kier alpha value is -2.79. The average molecular weight is 344 g/mol. The van der Waals surface area contributed by atoms with Crippen LogP contribution in [0, 0.1) is 6.92 Å². The molecule has 0 saturated heterocycles. The molecule has 0 radical (unpaired) electrons. The number of hydrogen-bond acceptors (Lipinski definition) is 4. The summed E-state index contributed by atoms with van der Waals surface area (Å²) in [4.78, 5) is 23.3. The summed E-state index contributed by atoms with van der Waals surface area (Å²) in [6.45, 7) is 1.67. The van der Waals surface area contributed by atoms with Gasteiger partial charge in [0.2, 0.25) is 0 Å². The van der Waals surface area contributed by atoms with E-state index in [2.05, 4.69) is 5.32 Å². The van der Waals surface area contributed by atoms with Crippen molar-refractivity contribution in [3.8, 4) is 5.75 Å². The summed E-state index contributed by atoms with van der Waals surface area (Å²) < 4.78 is 10.6. The fourth-order valence-electron chi connectivity index (χ4n) is 2.27. The van der Waals surface area contributed by atoms with Gasteiger partial charge < -0.3 is 14.5 Å². The van der Waals surface area contributed by atoms with Crippen LogP contribution in [-0.2, 0) is 4.79 Å². The molecular weight excluding hydrogens is 330 g/mol. The maximum absolute atomic E-state index is 11.9. The Kier molecular flexibility index (Phi) is 4.53. The molecule has 24 heavy (non-hydrogen) atoms. The molecule has 1 aromatic heterocycles. The lowest BCUT2D eigenvalue weighted by atomic mass is 10.1. The number of rotatable bonds is 4. The molecule has 0 unspecified atom stereocenters. The number of ether oxygens (including phenoxy) is 1. The minimum Gasteiger partial charge on any atom is -0.484 e. The van der Waals surface area contributed by atoms with E-state index in [1.165, 1.54) is 6.07 Å². The van der Waals surface area contributed by atoms with E-state index in [1.54, 1.807) is 42.5 Å². The van der Waals surface area contributed by atoms with Crippen LogP contribution in [0.4, 0.5) is 5.69 Å². The lowest BCUT2D eigenvalue weighted by Gasteiger charge is -2.08. The van der Waals surface area contributed by atoms with Gasteiger partial charge in [-0.15, -0.1) is 0 Å². The Morgan fingerprint density at radius 3 is 2.67 bits per heavy atom. The van der Waals surface area contributed by atoms with Gasteiger partial charge in [0, 0.05) is 28.2 Å². The first-order valence-electron chi connectivity index (χ1n) is 7.24. The largest absolute Gasteiger partial charge is 0.484 e. The number of carbonyl (C=O) groups excluding carboxylic acids is 1. The smallest absolute Gasteiger partial charge is 0.336 e. The maximum atomic E-state index is 11.9. The van der Waals surface area contributed by atoms with Crippen molar-refractivity contribution in [2.75, 3.05) is 11.9 Å². The summed E-state index contributed by atoms with van der Waals surface area (Å²) in [5.74, 6) is 0.144. The zero-order valence-corrected chi connectivity index (χ0v) is 13.6. The molecule has 1 amide bonds. The Bertz CT molecular complexity index is 947. The third-order valence-electron chi connectivity index (χ3n) is 3.42. The summed E-state index contributed by atoms with van der Waals surface area (Å²) in [5.41, 5.74) is 1.47. The van der Waals surface area contributed by atoms with Crippen LogP contribution in [0.2, 0.25) is 5.02 Å². The fourth-order valence-corrected chi connectivity index (χ4v) is 2.40. The summed E-state index contributed by atoms with van der Waals surface area (Å²) in [7, 11) is 0. The molecule has 0 spiro atoms. The second-order valence-electron chi connectivity index (χ2n) is 5.25. The third-order valence-corrected chi connectivity index (χ3v) is 3.67. The van der Waals surface area contributed by atoms with E-state index in [0.717, 1.165) is 10.9 Å². The standard InChI is InChI=1S/C18H14ClNO4/c1-11-8-18(22)24-16-9-14(6-7-15(11)16)23-10-17(21)20-13-4-2-12(19)3-5-13/h2-9H,10H2,1H3,(H,20,21). The highest BCUT2D eigenvalue weighted by Gasteiger charge is 2.07. The monoisotopic (exact) mass is 343 g/mol. The fraction of sp³-hybridized carbons (Fsp3) is 0.111. The number of halogens is 1. The Balaban J connectivity index is 1.67. The first kappa shape index (κ1) is 16.1. The number of nitrogens with one attached hydrogen (secondary N) is 1. The van der Waals surface area contributed by atoms with E-state index >= 15 is 0 Å². The van der Waals surface area contributed by atoms with E-state index in [9.17, 15) is 9.59 Å². The van der Waals surface area contributed by atoms with E-state index in [4.69, 9.17) is 20.8 Å². The molecule has 0 aliphatic rings. The van der Waals surface area contributed by atoms with Crippen molar-refractivity contribution in [1.29, 1.82) is 0 Å². The Labute approximate surface area is 142 Å². The van der Waals surface area contributed by atoms with Crippen LogP contribution in [0.15, 0.2) is 57.7 Å². The van der Waals surface area contributed by atoms with Gasteiger partial charge in [-0.3, -0.25) is 4.79 Å². The van der Waals surface area contributed by atoms with Crippen molar-refractivity contribution >= 4 is 34.2 Å². The molecule has 0 fully saturated rings. The molecule has 0 aliphatic heterocycles. The van der Waals surface area contributed by atoms with Crippen LogP contribution < -0.4 is 15.7 Å². The van der Waals surface area contributed by atoms with Crippen LogP contribution in [-0.4, -0.2) is 12.5 Å². The molecule has 3 rings (SSSR count). The van der Waals surface area contributed by atoms with Gasteiger partial charge in [-0.1, -0.05) is 11.6 Å². The molecule has 6 heteroatoms. The van der Waals surface area contributed by atoms with E-state index in [-0.39, 0.29) is 12.5 Å². The van der Waals surface area contributed by atoms with Gasteiger partial charge in [-0.2, -0.15) is 0 Å². The molecule has 122 valence electrons. The quantitative estimate of drug-likeness (QED) is 0.732. The zero-order chi connectivity index (χ0) is 17.1. The zero-order valence-electron chi connectivity index (χ0n) is 12.8. The van der Waals surface area contributed by atoms with Gasteiger partial charge in [0.15, 0.2) is 6.61 Å². The topological polar surface area (TPSA) is 68.5 Å². The highest BCUT2D eigenvalue weighted by molar-refractivity contribution is 6.30. The molecule has 1 N–H and O–H groups in total. The first-order chi connectivity index (χ1) is 11.5. The predicted octanol–water partition coefficient (Wildman–Crippen LogP) is 3.77. The molecule has 5 nitrogen and oxygen atoms in total. The summed E-state index contributed by atoms with van der Waals surface area (Å²) in [6.07, 6.45) is 0. The summed E-state index contributed by atoms with van der Waals surface area (Å²) in [6, 6.07) is 13.3. The maximum Gasteiger partial charge on any atom is 0.336 e. The number of carbonyl (C=O) groups is 1. The van der Waals surface area contributed by atoms with Crippen LogP contribution >= 0.6 is 11.6 Å². The molecule has 3 aromatic rings. The normalized spacial score (nSPS) is 10.6. The second kappa shape index (κ2) is 6.76. The number of anilines is 1. The average Bonchev–Trinajstić information content (AvgIpc) is 2.54. The number of benzene rings is 2. The Morgan fingerprint density at radius 1 is 1.17 bits per heavy atom. The Morgan fingerprint density at radius 2 is 1.92 bits per heavy atom. The van der Waals surface area contributed by atoms with Gasteiger partial charge >= 0.3 is 5.63 Å². The molecule has 0 atom stereocenters. The van der Waals surface area contributed by atoms with E-state index in [0.29, 0.717) is 22.0 Å². The van der Waals surface area contributed by atoms with Crippen molar-refractivity contribution in [2.45, 2.75) is 6.92 Å². The molecule has 1 heterocycles. The number of aryl methyl sites for hydroxylation is 1. The third kappa shape index (κ3) is 3.75. The van der Waals surface area contributed by atoms with Crippen molar-refractivity contribution in [3.05, 3.63) is 69.5 Å². The van der Waals surface area contributed by atoms with Crippen LogP contribution in [0.3, 0.4) is 0 Å². The van der Waals surface area contributed by atoms with Crippen molar-refractivity contribution in [1.82, 2.24) is 0 Å². The minimum absolute atomic E-state index is 0.163. The number of amides is 1. The second-order valence-corrected chi connectivity index (χ2v) is 5.69. The molecule has 0 bridgehead atoms. The lowest BCUT2D eigenvalue weighted by molar-refractivity contribution is -0.118. The molecule has 0 aliphatic carbocycles. The molecule has 0 saturated carbocycles. The summed E-state index contributed by atoms with van der Waals surface area (Å²) >= 11 is 5.79. The highest BCUT2D eigenvalue weighted by atomic mass is 35.5. The van der Waals surface area contributed by atoms with Crippen LogP contribution in [0.25, 0.3) is 11.0 Å². The van der Waals surface area contributed by atoms with Gasteiger partial charge in [0.25, 0.3) is 5.91 Å². The minimum atomic E-state index is -0.419. The van der Waals surface area contributed by atoms with Gasteiger partial charge in [0.1, 0.15) is 11.3 Å². The van der Waals surface area contributed by atoms with E-state index < -0.39 is 5.63 Å². The molecular formula is C18H14ClNO4. The van der Waals surface area contributed by atoms with Crippen LogP contribution in [0.1, 0.15) is 5.56 Å². The SMILES string of the molecule is Cc1cc(=O)oc2cc(OCC(=O)Nc3ccc(Cl)cc3)ccc12. The molecule has 2 aromatic carbocycles. The van der Waals surface area contributed by atoms with Gasteiger partial charge in [0.05, 0.1) is 0 Å². The van der Waals surface area contributed by atoms with Crippen molar-refractivity contribution in [3.63, 3.8) is 0 Å². The van der Waals surface area contributed by atoms with E-state index in [1.807, 2.05) is 6.92 Å². The highest BCUT2D eigenvalue weighted by Crippen LogP contribution is 2.22. The van der Waals surface area contributed by atoms with Crippen molar-refractivity contribution < 1.29 is 13.9 Å². The number of fused-ring (bicyclic) bond motifs is 1. The van der Waals surface area contributed by atoms with Crippen LogP contribution in [0.5, 0.6) is 5.75 Å². The summed E-state index contributed by atoms with van der Waals surface area (Å²) in [5, 5.41) is 4.12. The first-order valence-corrected chi connectivity index (χ1v) is 7.62. The predicted molar refractivity (Wildman–Crippen MR) is 92.8 cm³/mol. The lowest BCUT2D eigenvalue weighted by Crippen LogP contribution is -2.20. The number of hydrogen-bond donors (Lipinski definition) is 1. The van der Waals surface area contributed by atoms with Crippen molar-refractivity contribution in [2.24, 2.45) is 0 Å². The van der Waals surface area contributed by atoms with Gasteiger partial charge in [-0.05, 0) is 48.9 Å².